The Hall–Kier alpha value is -1.55. The Balaban J connectivity index is 1.68. The summed E-state index contributed by atoms with van der Waals surface area (Å²) in [6.07, 6.45) is 3.84. The molecular formula is C16H18ClNO3. The van der Waals surface area contributed by atoms with Gasteiger partial charge in [0.25, 0.3) is 0 Å². The van der Waals surface area contributed by atoms with Crippen molar-refractivity contribution < 1.29 is 14.7 Å². The van der Waals surface area contributed by atoms with Gasteiger partial charge in [-0.3, -0.25) is 9.59 Å². The third kappa shape index (κ3) is 2.53. The normalized spacial score (nSPS) is 22.2. The highest BCUT2D eigenvalue weighted by Gasteiger charge is 2.46. The molecule has 1 amide bonds. The number of rotatable bonds is 4. The first-order valence-electron chi connectivity index (χ1n) is 7.32. The lowest BCUT2D eigenvalue weighted by molar-refractivity contribution is -0.157. The number of benzene rings is 1. The molecule has 0 aliphatic heterocycles. The molecule has 0 bridgehead atoms. The van der Waals surface area contributed by atoms with Crippen molar-refractivity contribution in [3.63, 3.8) is 0 Å². The van der Waals surface area contributed by atoms with Crippen LogP contribution in [0.3, 0.4) is 0 Å². The number of carboxylic acids is 1. The molecule has 0 radical (unpaired) electrons. The van der Waals surface area contributed by atoms with Crippen molar-refractivity contribution in [1.82, 2.24) is 5.32 Å². The van der Waals surface area contributed by atoms with E-state index in [1.807, 2.05) is 18.2 Å². The van der Waals surface area contributed by atoms with E-state index in [4.69, 9.17) is 11.6 Å². The number of aliphatic carboxylic acids is 1. The summed E-state index contributed by atoms with van der Waals surface area (Å²) in [5, 5.41) is 13.0. The van der Waals surface area contributed by atoms with Crippen LogP contribution in [0.15, 0.2) is 18.2 Å². The standard InChI is InChI=1S/C16H18ClNO3/c17-12-4-1-3-11-10(12)5-6-13(11)18-14(19)9-16(15(20)21)7-2-8-16/h1,3-4,13H,2,5-9H2,(H,18,19)(H,20,21). The van der Waals surface area contributed by atoms with E-state index in [0.29, 0.717) is 12.8 Å². The van der Waals surface area contributed by atoms with Gasteiger partial charge in [-0.15, -0.1) is 0 Å². The Labute approximate surface area is 128 Å². The summed E-state index contributed by atoms with van der Waals surface area (Å²) in [6, 6.07) is 5.68. The van der Waals surface area contributed by atoms with Crippen LogP contribution >= 0.6 is 11.6 Å². The number of nitrogens with one attached hydrogen (secondary N) is 1. The van der Waals surface area contributed by atoms with Crippen LogP contribution in [0.2, 0.25) is 5.02 Å². The summed E-state index contributed by atoms with van der Waals surface area (Å²) in [6.45, 7) is 0. The maximum Gasteiger partial charge on any atom is 0.310 e. The fraction of sp³-hybridized carbons (Fsp3) is 0.500. The number of hydrogen-bond acceptors (Lipinski definition) is 2. The summed E-state index contributed by atoms with van der Waals surface area (Å²) in [5.74, 6) is -1.02. The van der Waals surface area contributed by atoms with E-state index in [1.165, 1.54) is 0 Å². The van der Waals surface area contributed by atoms with Gasteiger partial charge in [0.1, 0.15) is 0 Å². The zero-order valence-corrected chi connectivity index (χ0v) is 12.4. The van der Waals surface area contributed by atoms with Gasteiger partial charge in [-0.25, -0.2) is 0 Å². The molecule has 1 aromatic carbocycles. The Bertz CT molecular complexity index is 595. The molecule has 1 atom stereocenters. The van der Waals surface area contributed by atoms with Crippen LogP contribution < -0.4 is 5.32 Å². The zero-order chi connectivity index (χ0) is 15.0. The summed E-state index contributed by atoms with van der Waals surface area (Å²) in [5.41, 5.74) is 1.33. The molecule has 1 saturated carbocycles. The van der Waals surface area contributed by atoms with E-state index in [2.05, 4.69) is 5.32 Å². The number of carboxylic acid groups (broad SMARTS) is 1. The van der Waals surface area contributed by atoms with Crippen molar-refractivity contribution in [1.29, 1.82) is 0 Å². The monoisotopic (exact) mass is 307 g/mol. The SMILES string of the molecule is O=C(CC1(C(=O)O)CCC1)NC1CCc2c(Cl)cccc21. The number of carbonyl (C=O) groups excluding carboxylic acids is 1. The molecule has 2 aliphatic rings. The second kappa shape index (κ2) is 5.34. The summed E-state index contributed by atoms with van der Waals surface area (Å²) >= 11 is 6.16. The van der Waals surface area contributed by atoms with Gasteiger partial charge in [-0.05, 0) is 42.9 Å². The fourth-order valence-corrected chi connectivity index (χ4v) is 3.66. The summed E-state index contributed by atoms with van der Waals surface area (Å²) < 4.78 is 0. The number of carbonyl (C=O) groups is 2. The lowest BCUT2D eigenvalue weighted by Crippen LogP contribution is -2.43. The predicted octanol–water partition coefficient (Wildman–Crippen LogP) is 3.09. The van der Waals surface area contributed by atoms with Gasteiger partial charge in [0, 0.05) is 11.4 Å². The average Bonchev–Trinajstić information content (AvgIpc) is 2.78. The molecule has 0 spiro atoms. The van der Waals surface area contributed by atoms with E-state index in [1.54, 1.807) is 0 Å². The van der Waals surface area contributed by atoms with Gasteiger partial charge in [0.05, 0.1) is 11.5 Å². The Kier molecular flexibility index (Phi) is 3.66. The van der Waals surface area contributed by atoms with Crippen LogP contribution in [0.4, 0.5) is 0 Å². The van der Waals surface area contributed by atoms with Gasteiger partial charge in [-0.2, -0.15) is 0 Å². The van der Waals surface area contributed by atoms with E-state index in [9.17, 15) is 14.7 Å². The third-order valence-corrected chi connectivity index (χ3v) is 5.17. The van der Waals surface area contributed by atoms with E-state index < -0.39 is 11.4 Å². The van der Waals surface area contributed by atoms with Crippen LogP contribution in [-0.4, -0.2) is 17.0 Å². The maximum atomic E-state index is 12.2. The Morgan fingerprint density at radius 3 is 2.76 bits per heavy atom. The van der Waals surface area contributed by atoms with Gasteiger partial charge >= 0.3 is 5.97 Å². The predicted molar refractivity (Wildman–Crippen MR) is 79.2 cm³/mol. The van der Waals surface area contributed by atoms with Gasteiger partial charge in [0.15, 0.2) is 0 Å². The largest absolute Gasteiger partial charge is 0.481 e. The summed E-state index contributed by atoms with van der Waals surface area (Å²) in [4.78, 5) is 23.5. The molecule has 2 aliphatic carbocycles. The van der Waals surface area contributed by atoms with E-state index >= 15 is 0 Å². The molecule has 3 rings (SSSR count). The molecule has 1 aromatic rings. The minimum atomic E-state index is -0.848. The van der Waals surface area contributed by atoms with E-state index in [-0.39, 0.29) is 18.4 Å². The fourth-order valence-electron chi connectivity index (χ4n) is 3.38. The van der Waals surface area contributed by atoms with Crippen molar-refractivity contribution in [2.75, 3.05) is 0 Å². The van der Waals surface area contributed by atoms with Crippen molar-refractivity contribution in [3.8, 4) is 0 Å². The third-order valence-electron chi connectivity index (χ3n) is 4.81. The van der Waals surface area contributed by atoms with Gasteiger partial charge in [-0.1, -0.05) is 30.2 Å². The van der Waals surface area contributed by atoms with Gasteiger partial charge < -0.3 is 10.4 Å². The van der Waals surface area contributed by atoms with Crippen LogP contribution in [0, 0.1) is 5.41 Å². The molecule has 0 heterocycles. The van der Waals surface area contributed by atoms with E-state index in [0.717, 1.165) is 35.4 Å². The second-order valence-corrected chi connectivity index (χ2v) is 6.49. The second-order valence-electron chi connectivity index (χ2n) is 6.08. The average molecular weight is 308 g/mol. The molecule has 112 valence electrons. The topological polar surface area (TPSA) is 66.4 Å². The first-order chi connectivity index (χ1) is 10.0. The van der Waals surface area contributed by atoms with Crippen molar-refractivity contribution in [2.24, 2.45) is 5.41 Å². The Morgan fingerprint density at radius 2 is 2.14 bits per heavy atom. The Morgan fingerprint density at radius 1 is 1.38 bits per heavy atom. The van der Waals surface area contributed by atoms with Crippen LogP contribution in [-0.2, 0) is 16.0 Å². The van der Waals surface area contributed by atoms with Crippen molar-refractivity contribution in [2.45, 2.75) is 44.6 Å². The molecule has 21 heavy (non-hydrogen) atoms. The van der Waals surface area contributed by atoms with Crippen LogP contribution in [0.25, 0.3) is 0 Å². The quantitative estimate of drug-likeness (QED) is 0.898. The highest BCUT2D eigenvalue weighted by Crippen LogP contribution is 2.44. The smallest absolute Gasteiger partial charge is 0.310 e. The minimum absolute atomic E-state index is 0.0443. The lowest BCUT2D eigenvalue weighted by Gasteiger charge is -2.37. The van der Waals surface area contributed by atoms with Crippen molar-refractivity contribution in [3.05, 3.63) is 34.3 Å². The molecule has 1 fully saturated rings. The molecule has 5 heteroatoms. The molecule has 0 aromatic heterocycles. The number of halogens is 1. The van der Waals surface area contributed by atoms with Crippen LogP contribution in [0.5, 0.6) is 0 Å². The first kappa shape index (κ1) is 14.4. The molecule has 1 unspecified atom stereocenters. The number of amides is 1. The molecule has 4 nitrogen and oxygen atoms in total. The first-order valence-corrected chi connectivity index (χ1v) is 7.70. The number of hydrogen-bond donors (Lipinski definition) is 2. The minimum Gasteiger partial charge on any atom is -0.481 e. The lowest BCUT2D eigenvalue weighted by atomic mass is 9.66. The summed E-state index contributed by atoms with van der Waals surface area (Å²) in [7, 11) is 0. The van der Waals surface area contributed by atoms with Gasteiger partial charge in [0.2, 0.25) is 5.91 Å². The molecule has 2 N–H and O–H groups in total. The van der Waals surface area contributed by atoms with Crippen LogP contribution in [0.1, 0.15) is 49.3 Å². The highest BCUT2D eigenvalue weighted by molar-refractivity contribution is 6.31. The molecule has 0 saturated heterocycles. The zero-order valence-electron chi connectivity index (χ0n) is 11.7. The number of fused-ring (bicyclic) bond motifs is 1. The maximum absolute atomic E-state index is 12.2. The highest BCUT2D eigenvalue weighted by atomic mass is 35.5. The molecular weight excluding hydrogens is 290 g/mol. The van der Waals surface area contributed by atoms with Crippen molar-refractivity contribution >= 4 is 23.5 Å².